The van der Waals surface area contributed by atoms with Crippen molar-refractivity contribution in [2.75, 3.05) is 0 Å². The maximum atomic E-state index is 11.3. The van der Waals surface area contributed by atoms with Crippen LogP contribution in [0, 0.1) is 25.2 Å². The quantitative estimate of drug-likeness (QED) is 0.376. The van der Waals surface area contributed by atoms with Gasteiger partial charge in [-0.3, -0.25) is 11.6 Å². The van der Waals surface area contributed by atoms with Gasteiger partial charge in [0.25, 0.3) is 0 Å². The van der Waals surface area contributed by atoms with Crippen molar-refractivity contribution in [3.8, 4) is 0 Å². The Balaban J connectivity index is -0.000000148. The monoisotopic (exact) mass is 582 g/mol. The summed E-state index contributed by atoms with van der Waals surface area (Å²) in [7, 11) is 0. The van der Waals surface area contributed by atoms with Crippen molar-refractivity contribution in [2.45, 2.75) is 66.0 Å². The first-order chi connectivity index (χ1) is 10.0. The number of carbonyl (C=O) groups excluding carboxylic acids is 3. The topological polar surface area (TPSA) is 75.9 Å². The molecule has 1 radical (unpaired) electrons. The molecule has 7 heteroatoms. The molecule has 24 heavy (non-hydrogen) atoms. The van der Waals surface area contributed by atoms with Crippen LogP contribution in [0.1, 0.15) is 53.9 Å². The molecule has 2 unspecified atom stereocenters. The number of hydrogen-bond acceptors (Lipinski definition) is 5. The summed E-state index contributed by atoms with van der Waals surface area (Å²) >= 11 is 0. The van der Waals surface area contributed by atoms with E-state index < -0.39 is 0 Å². The average molecular weight is 582 g/mol. The van der Waals surface area contributed by atoms with Crippen molar-refractivity contribution in [2.24, 2.45) is 21.6 Å². The molecule has 2 atom stereocenters. The molecule has 1 aliphatic rings. The van der Waals surface area contributed by atoms with Crippen molar-refractivity contribution in [1.29, 1.82) is 0 Å². The minimum Gasteiger partial charge on any atom is -0.545 e. The fourth-order valence-electron chi connectivity index (χ4n) is 1.78. The van der Waals surface area contributed by atoms with E-state index >= 15 is 0 Å². The predicted molar refractivity (Wildman–Crippen MR) is 88.1 cm³/mol. The number of hydrogen-bond donors (Lipinski definition) is 0. The van der Waals surface area contributed by atoms with Crippen LogP contribution in [0.4, 0.5) is 0 Å². The molecule has 1 heterocycles. The number of nitrogens with zero attached hydrogens (tertiary/aromatic N) is 2. The molecule has 0 N–H and O–H groups in total. The fraction of sp³-hybridized carbons (Fsp3) is 0.706. The Bertz CT molecular complexity index is 383. The Morgan fingerprint density at radius 2 is 1.67 bits per heavy atom. The molecule has 0 aromatic heterocycles. The van der Waals surface area contributed by atoms with Gasteiger partial charge in [0.15, 0.2) is 0 Å². The van der Waals surface area contributed by atoms with Crippen LogP contribution in [0.15, 0.2) is 10.2 Å². The van der Waals surface area contributed by atoms with E-state index in [0.717, 1.165) is 6.42 Å². The van der Waals surface area contributed by atoms with Gasteiger partial charge < -0.3 is 23.4 Å². The minimum atomic E-state index is 0. The van der Waals surface area contributed by atoms with Gasteiger partial charge in [0.1, 0.15) is 5.78 Å². The van der Waals surface area contributed by atoms with Crippen LogP contribution in [0.2, 0.25) is 0 Å². The Labute approximate surface area is 186 Å². The molecule has 0 saturated carbocycles. The molecule has 0 amide bonds. The maximum absolute atomic E-state index is 11.3. The van der Waals surface area contributed by atoms with Crippen LogP contribution in [0.5, 0.6) is 0 Å². The van der Waals surface area contributed by atoms with Crippen molar-refractivity contribution in [3.63, 3.8) is 0 Å². The zero-order valence-electron chi connectivity index (χ0n) is 15.4. The minimum absolute atomic E-state index is 0. The smallest absolute Gasteiger partial charge is 0.545 e. The Morgan fingerprint density at radius 1 is 1.21 bits per heavy atom. The summed E-state index contributed by atoms with van der Waals surface area (Å²) < 4.78 is 0. The second kappa shape index (κ2) is 16.7. The molecule has 0 spiro atoms. The van der Waals surface area contributed by atoms with Crippen molar-refractivity contribution in [3.05, 3.63) is 13.8 Å². The third-order valence-electron chi connectivity index (χ3n) is 2.75. The molecule has 5 nitrogen and oxygen atoms in total. The SMILES string of the molecule is [CH-]=O.[CH2-]C(=O)CC(C)(C)C.[CH2-]C1CC(CC(=O)C(C)C)N=N1.[W+2].[Y]. The van der Waals surface area contributed by atoms with Gasteiger partial charge in [-0.05, 0) is 24.0 Å². The normalized spacial score (nSPS) is 18.1. The standard InChI is InChI=1S/C9H15N2O.C7H13O.CHO.W.Y/c1-6(2)9(12)5-8-4-7(3)10-11-8;1-6(8)5-7(2,3)4;1-2;;/h6-8H,3-5H2,1-2H3;1,5H2,2-4H3;1H;;/q3*-1;+2;. The third kappa shape index (κ3) is 20.3. The van der Waals surface area contributed by atoms with Crippen LogP contribution in [0.25, 0.3) is 0 Å². The Morgan fingerprint density at radius 3 is 1.88 bits per heavy atom. The first kappa shape index (κ1) is 32.0. The maximum Gasteiger partial charge on any atom is 2.00 e. The van der Waals surface area contributed by atoms with Crippen LogP contribution in [-0.2, 0) is 68.2 Å². The number of Topliss-reactive ketones (excluding diaryl/α,β-unsaturated/α-hetero) is 2. The second-order valence-corrected chi connectivity index (χ2v) is 6.88. The van der Waals surface area contributed by atoms with Crippen LogP contribution >= 0.6 is 0 Å². The van der Waals surface area contributed by atoms with Crippen LogP contribution in [0.3, 0.4) is 0 Å². The molecule has 0 aromatic carbocycles. The molecule has 0 bridgehead atoms. The Hall–Kier alpha value is 0.272. The van der Waals surface area contributed by atoms with Gasteiger partial charge in [-0.25, -0.2) is 5.11 Å². The molecule has 0 saturated heterocycles. The first-order valence-corrected chi connectivity index (χ1v) is 7.35. The first-order valence-electron chi connectivity index (χ1n) is 7.35. The van der Waals surface area contributed by atoms with Crippen LogP contribution in [-0.4, -0.2) is 30.4 Å². The molecule has 0 aliphatic carbocycles. The van der Waals surface area contributed by atoms with E-state index in [4.69, 9.17) is 4.79 Å². The summed E-state index contributed by atoms with van der Waals surface area (Å²) in [5.41, 5.74) is 0.110. The summed E-state index contributed by atoms with van der Waals surface area (Å²) in [5.74, 6) is 0.412. The largest absolute Gasteiger partial charge is 2.00 e. The number of carbonyl (C=O) groups is 2. The molecule has 1 rings (SSSR count). The second-order valence-electron chi connectivity index (χ2n) is 6.88. The third-order valence-corrected chi connectivity index (χ3v) is 2.75. The summed E-state index contributed by atoms with van der Waals surface area (Å²) in [5, 5.41) is 7.87. The average Bonchev–Trinajstić information content (AvgIpc) is 2.74. The van der Waals surface area contributed by atoms with Gasteiger partial charge in [0.05, 0.1) is 6.04 Å². The molecule has 0 fully saturated rings. The van der Waals surface area contributed by atoms with Crippen molar-refractivity contribution < 1.29 is 68.2 Å². The van der Waals surface area contributed by atoms with E-state index in [1.54, 1.807) is 0 Å². The van der Waals surface area contributed by atoms with Gasteiger partial charge in [-0.15, -0.1) is 0 Å². The summed E-state index contributed by atoms with van der Waals surface area (Å²) in [6.45, 7) is 20.2. The van der Waals surface area contributed by atoms with Gasteiger partial charge in [-0.1, -0.05) is 40.7 Å². The van der Waals surface area contributed by atoms with E-state index in [1.165, 1.54) is 0 Å². The van der Waals surface area contributed by atoms with Crippen molar-refractivity contribution in [1.82, 2.24) is 0 Å². The van der Waals surface area contributed by atoms with Gasteiger partial charge in [0.2, 0.25) is 0 Å². The molecular weight excluding hydrogens is 553 g/mol. The van der Waals surface area contributed by atoms with Crippen LogP contribution < -0.4 is 0 Å². The van der Waals surface area contributed by atoms with E-state index in [1.807, 2.05) is 34.6 Å². The number of rotatable bonds is 4. The van der Waals surface area contributed by atoms with E-state index in [-0.39, 0.29) is 88.8 Å². The summed E-state index contributed by atoms with van der Waals surface area (Å²) in [4.78, 5) is 29.4. The van der Waals surface area contributed by atoms with Gasteiger partial charge in [-0.2, -0.15) is 5.11 Å². The Kier molecular flexibility index (Phi) is 22.3. The van der Waals surface area contributed by atoms with E-state index in [9.17, 15) is 9.59 Å². The fourth-order valence-corrected chi connectivity index (χ4v) is 1.78. The summed E-state index contributed by atoms with van der Waals surface area (Å²) in [6, 6.07) is 0.164. The number of azo groups is 1. The van der Waals surface area contributed by atoms with Gasteiger partial charge >= 0.3 is 21.1 Å². The zero-order valence-corrected chi connectivity index (χ0v) is 21.2. The molecule has 135 valence electrons. The summed E-state index contributed by atoms with van der Waals surface area (Å²) in [6.07, 6.45) is 1.94. The van der Waals surface area contributed by atoms with E-state index in [2.05, 4.69) is 30.9 Å². The van der Waals surface area contributed by atoms with Crippen molar-refractivity contribution >= 4 is 18.4 Å². The number of ketones is 2. The predicted octanol–water partition coefficient (Wildman–Crippen LogP) is 3.58. The van der Waals surface area contributed by atoms with Gasteiger partial charge in [0, 0.05) is 45.0 Å². The molecule has 0 aromatic rings. The molecular formula is C17H29N2O3WY-. The molecule has 1 aliphatic heterocycles. The zero-order chi connectivity index (χ0) is 17.9. The van der Waals surface area contributed by atoms with E-state index in [0.29, 0.717) is 12.8 Å².